The van der Waals surface area contributed by atoms with Crippen molar-refractivity contribution in [2.24, 2.45) is 46.3 Å². The van der Waals surface area contributed by atoms with Gasteiger partial charge in [-0.3, -0.25) is 0 Å². The first-order valence-electron chi connectivity index (χ1n) is 16.0. The molecule has 4 aliphatic carbocycles. The van der Waals surface area contributed by atoms with Gasteiger partial charge in [-0.1, -0.05) is 60.3 Å². The lowest BCUT2D eigenvalue weighted by molar-refractivity contribution is -0.295. The van der Waals surface area contributed by atoms with E-state index in [1.165, 1.54) is 44.9 Å². The van der Waals surface area contributed by atoms with Gasteiger partial charge in [-0.05, 0) is 92.3 Å². The molecule has 0 unspecified atom stereocenters. The van der Waals surface area contributed by atoms with E-state index in [0.717, 1.165) is 55.8 Å². The van der Waals surface area contributed by atoms with Crippen molar-refractivity contribution >= 4 is 0 Å². The maximum Gasteiger partial charge on any atom is 0.187 e. The van der Waals surface area contributed by atoms with Gasteiger partial charge in [-0.2, -0.15) is 0 Å². The molecule has 220 valence electrons. The van der Waals surface area contributed by atoms with Crippen molar-refractivity contribution in [3.8, 4) is 0 Å². The molecule has 1 aliphatic heterocycles. The molecule has 0 aromatic carbocycles. The Hall–Kier alpha value is -0.240. The quantitative estimate of drug-likeness (QED) is 0.347. The number of fused-ring (bicyclic) bond motifs is 5. The van der Waals surface area contributed by atoms with Crippen molar-refractivity contribution in [1.29, 1.82) is 0 Å². The predicted molar refractivity (Wildman–Crippen MR) is 147 cm³/mol. The van der Waals surface area contributed by atoms with Gasteiger partial charge in [-0.15, -0.1) is 0 Å². The van der Waals surface area contributed by atoms with Crippen LogP contribution in [0.2, 0.25) is 0 Å². The highest BCUT2D eigenvalue weighted by Crippen LogP contribution is 2.69. The number of hydrogen-bond acceptors (Lipinski definition) is 6. The van der Waals surface area contributed by atoms with Crippen molar-refractivity contribution < 1.29 is 29.9 Å². The highest BCUT2D eigenvalue weighted by Gasteiger charge is 2.67. The number of hydrogen-bond donors (Lipinski definition) is 4. The van der Waals surface area contributed by atoms with Gasteiger partial charge in [0.1, 0.15) is 18.3 Å². The van der Waals surface area contributed by atoms with Gasteiger partial charge in [-0.25, -0.2) is 0 Å². The second-order valence-corrected chi connectivity index (χ2v) is 15.0. The molecule has 6 heteroatoms. The van der Waals surface area contributed by atoms with Crippen LogP contribution in [0, 0.1) is 46.3 Å². The first-order valence-corrected chi connectivity index (χ1v) is 16.0. The molecule has 5 aliphatic rings. The summed E-state index contributed by atoms with van der Waals surface area (Å²) in [6.07, 6.45) is 9.02. The smallest absolute Gasteiger partial charge is 0.187 e. The summed E-state index contributed by atoms with van der Waals surface area (Å²) in [5, 5.41) is 42.6. The van der Waals surface area contributed by atoms with E-state index < -0.39 is 36.3 Å². The Labute approximate surface area is 230 Å². The summed E-state index contributed by atoms with van der Waals surface area (Å²) in [4.78, 5) is 0. The van der Waals surface area contributed by atoms with Gasteiger partial charge in [0.05, 0.1) is 18.3 Å². The van der Waals surface area contributed by atoms with Gasteiger partial charge in [0, 0.05) is 5.41 Å². The van der Waals surface area contributed by atoms with Crippen LogP contribution in [0.4, 0.5) is 0 Å². The number of ether oxygens (including phenoxy) is 2. The molecule has 0 bridgehead atoms. The third-order valence-electron chi connectivity index (χ3n) is 12.8. The Morgan fingerprint density at radius 1 is 0.895 bits per heavy atom. The van der Waals surface area contributed by atoms with Crippen molar-refractivity contribution in [2.75, 3.05) is 6.61 Å². The summed E-state index contributed by atoms with van der Waals surface area (Å²) in [6, 6.07) is 0. The minimum Gasteiger partial charge on any atom is -0.394 e. The molecule has 5 fully saturated rings. The summed E-state index contributed by atoms with van der Waals surface area (Å²) in [5.41, 5.74) is -0.765. The average molecular weight is 537 g/mol. The molecule has 0 spiro atoms. The minimum atomic E-state index is -1.21. The lowest BCUT2D eigenvalue weighted by Crippen LogP contribution is -2.67. The van der Waals surface area contributed by atoms with Crippen molar-refractivity contribution in [3.63, 3.8) is 0 Å². The number of rotatable bonds is 8. The molecule has 4 saturated carbocycles. The fraction of sp³-hybridized carbons (Fsp3) is 1.00. The lowest BCUT2D eigenvalue weighted by Gasteiger charge is -2.65. The molecule has 0 aromatic heterocycles. The third kappa shape index (κ3) is 4.61. The van der Waals surface area contributed by atoms with Crippen LogP contribution in [-0.2, 0) is 9.47 Å². The Kier molecular flexibility index (Phi) is 8.37. The fourth-order valence-electron chi connectivity index (χ4n) is 10.6. The standard InChI is InChI=1S/C32H56O6/c1-19(2)8-6-9-20(3)22-11-12-23-21-13-17-32(36)26(38-29-28(35)27(34)25(18-33)37-29)10-7-15-31(32,5)24(21)14-16-30(22,23)4/h19-29,33-36H,6-18H2,1-5H3/t20-,21+,22-,23+,24+,25-,26+,27-,28+,29-,30-,31-,32-/m1/s1. The predicted octanol–water partition coefficient (Wildman–Crippen LogP) is 5.05. The van der Waals surface area contributed by atoms with Gasteiger partial charge in [0.25, 0.3) is 0 Å². The summed E-state index contributed by atoms with van der Waals surface area (Å²) in [6.45, 7) is 11.8. The van der Waals surface area contributed by atoms with E-state index in [1.54, 1.807) is 0 Å². The summed E-state index contributed by atoms with van der Waals surface area (Å²) in [7, 11) is 0. The molecule has 5 rings (SSSR count). The van der Waals surface area contributed by atoms with E-state index in [4.69, 9.17) is 9.47 Å². The molecular weight excluding hydrogens is 480 g/mol. The van der Waals surface area contributed by atoms with E-state index in [9.17, 15) is 20.4 Å². The molecule has 6 nitrogen and oxygen atoms in total. The van der Waals surface area contributed by atoms with Gasteiger partial charge in [0.2, 0.25) is 0 Å². The van der Waals surface area contributed by atoms with E-state index in [-0.39, 0.29) is 12.0 Å². The van der Waals surface area contributed by atoms with Crippen LogP contribution in [0.1, 0.15) is 112 Å². The average Bonchev–Trinajstić information content (AvgIpc) is 3.36. The fourth-order valence-corrected chi connectivity index (χ4v) is 10.6. The molecule has 4 N–H and O–H groups in total. The number of aliphatic hydroxyl groups excluding tert-OH is 3. The van der Waals surface area contributed by atoms with Crippen LogP contribution in [0.5, 0.6) is 0 Å². The van der Waals surface area contributed by atoms with Crippen LogP contribution in [0.25, 0.3) is 0 Å². The molecular formula is C32H56O6. The van der Waals surface area contributed by atoms with Crippen LogP contribution in [0.3, 0.4) is 0 Å². The third-order valence-corrected chi connectivity index (χ3v) is 12.8. The summed E-state index contributed by atoms with van der Waals surface area (Å²) >= 11 is 0. The molecule has 1 heterocycles. The molecule has 0 aromatic rings. The Bertz CT molecular complexity index is 820. The van der Waals surface area contributed by atoms with Gasteiger partial charge < -0.3 is 29.9 Å². The monoisotopic (exact) mass is 536 g/mol. The maximum atomic E-state index is 12.4. The summed E-state index contributed by atoms with van der Waals surface area (Å²) in [5.74, 6) is 4.31. The normalized spacial score (nSPS) is 51.5. The molecule has 0 radical (unpaired) electrons. The molecule has 13 atom stereocenters. The van der Waals surface area contributed by atoms with Crippen LogP contribution in [-0.4, -0.2) is 63.3 Å². The van der Waals surface area contributed by atoms with Crippen molar-refractivity contribution in [1.82, 2.24) is 0 Å². The van der Waals surface area contributed by atoms with Gasteiger partial charge in [0.15, 0.2) is 6.29 Å². The zero-order valence-electron chi connectivity index (χ0n) is 24.6. The molecule has 1 saturated heterocycles. The van der Waals surface area contributed by atoms with E-state index in [2.05, 4.69) is 34.6 Å². The SMILES string of the molecule is CC(C)CCC[C@@H](C)[C@H]1CC[C@H]2[C@@H]3CC[C@@]4(O)[C@@H](O[C@H]5O[C@H](CO)[C@@H](O)[C@@H]5O)CCC[C@]4(C)[C@H]3CC[C@]12C. The Morgan fingerprint density at radius 3 is 2.34 bits per heavy atom. The van der Waals surface area contributed by atoms with Crippen LogP contribution >= 0.6 is 0 Å². The van der Waals surface area contributed by atoms with E-state index in [1.807, 2.05) is 0 Å². The minimum absolute atomic E-state index is 0.223. The van der Waals surface area contributed by atoms with E-state index >= 15 is 0 Å². The first-order chi connectivity index (χ1) is 18.0. The largest absolute Gasteiger partial charge is 0.394 e. The Balaban J connectivity index is 1.30. The zero-order chi connectivity index (χ0) is 27.5. The highest BCUT2D eigenvalue weighted by molar-refractivity contribution is 5.16. The molecule has 0 amide bonds. The van der Waals surface area contributed by atoms with Crippen molar-refractivity contribution in [3.05, 3.63) is 0 Å². The zero-order valence-corrected chi connectivity index (χ0v) is 24.6. The highest BCUT2D eigenvalue weighted by atomic mass is 16.7. The summed E-state index contributed by atoms with van der Waals surface area (Å²) < 4.78 is 12.0. The van der Waals surface area contributed by atoms with E-state index in [0.29, 0.717) is 17.3 Å². The molecule has 38 heavy (non-hydrogen) atoms. The second-order valence-electron chi connectivity index (χ2n) is 15.0. The Morgan fingerprint density at radius 2 is 1.66 bits per heavy atom. The van der Waals surface area contributed by atoms with Crippen LogP contribution in [0.15, 0.2) is 0 Å². The van der Waals surface area contributed by atoms with Crippen LogP contribution < -0.4 is 0 Å². The second kappa shape index (κ2) is 10.9. The lowest BCUT2D eigenvalue weighted by atomic mass is 9.42. The van der Waals surface area contributed by atoms with Gasteiger partial charge >= 0.3 is 0 Å². The van der Waals surface area contributed by atoms with Crippen molar-refractivity contribution in [2.45, 2.75) is 148 Å². The maximum absolute atomic E-state index is 12.4. The topological polar surface area (TPSA) is 99.4 Å². The number of aliphatic hydroxyl groups is 4. The first kappa shape index (κ1) is 29.3.